The Morgan fingerprint density at radius 3 is 2.12 bits per heavy atom. The quantitative estimate of drug-likeness (QED) is 0.345. The predicted octanol–water partition coefficient (Wildman–Crippen LogP) is 3.41. The molecule has 1 aliphatic rings. The van der Waals surface area contributed by atoms with Gasteiger partial charge in [-0.3, -0.25) is 14.5 Å². The topological polar surface area (TPSA) is 115 Å². The number of hydrogen-bond acceptors (Lipinski definition) is 8. The van der Waals surface area contributed by atoms with Gasteiger partial charge in [0.25, 0.3) is 5.56 Å². The van der Waals surface area contributed by atoms with Gasteiger partial charge in [-0.1, -0.05) is 24.3 Å². The van der Waals surface area contributed by atoms with Crippen LogP contribution in [-0.2, 0) is 16.6 Å². The number of esters is 1. The fourth-order valence-electron chi connectivity index (χ4n) is 5.39. The lowest BCUT2D eigenvalue weighted by Crippen LogP contribution is -2.58. The summed E-state index contributed by atoms with van der Waals surface area (Å²) in [7, 11) is 2.79. The van der Waals surface area contributed by atoms with Crippen LogP contribution in [0, 0.1) is 34.3 Å². The van der Waals surface area contributed by atoms with Crippen LogP contribution < -0.4 is 10.5 Å². The third-order valence-electron chi connectivity index (χ3n) is 7.36. The summed E-state index contributed by atoms with van der Waals surface area (Å²) in [4.78, 5) is 34.5. The number of anilines is 1. The first-order chi connectivity index (χ1) is 19.8. The Kier molecular flexibility index (Phi) is 7.47. The lowest BCUT2D eigenvalue weighted by Gasteiger charge is -2.45. The second kappa shape index (κ2) is 11.2. The average Bonchev–Trinajstić information content (AvgIpc) is 3.00. The first-order valence-corrected chi connectivity index (χ1v) is 12.7. The molecular formula is C30H24F2N6O3. The number of rotatable bonds is 5. The molecule has 0 N–H and O–H groups in total. The molecule has 1 aliphatic heterocycles. The van der Waals surface area contributed by atoms with E-state index in [9.17, 15) is 28.9 Å². The van der Waals surface area contributed by atoms with Gasteiger partial charge in [0.1, 0.15) is 46.6 Å². The maximum atomic E-state index is 13.8. The third kappa shape index (κ3) is 4.99. The van der Waals surface area contributed by atoms with Crippen molar-refractivity contribution in [2.45, 2.75) is 12.1 Å². The van der Waals surface area contributed by atoms with E-state index in [2.05, 4.69) is 4.98 Å². The van der Waals surface area contributed by atoms with Crippen LogP contribution in [0.1, 0.15) is 28.4 Å². The van der Waals surface area contributed by atoms with E-state index in [0.717, 1.165) is 0 Å². The number of nitrogens with zero attached hydrogens (tertiary/aromatic N) is 6. The Balaban J connectivity index is 1.64. The second-order valence-corrected chi connectivity index (χ2v) is 9.60. The van der Waals surface area contributed by atoms with Crippen LogP contribution in [-0.4, -0.2) is 53.2 Å². The highest BCUT2D eigenvalue weighted by atomic mass is 19.1. The maximum Gasteiger partial charge on any atom is 0.324 e. The molecule has 1 fully saturated rings. The van der Waals surface area contributed by atoms with Crippen molar-refractivity contribution >= 4 is 22.7 Å². The molecule has 9 nitrogen and oxygen atoms in total. The summed E-state index contributed by atoms with van der Waals surface area (Å²) in [5.41, 5.74) is 1.72. The van der Waals surface area contributed by atoms with Gasteiger partial charge >= 0.3 is 5.97 Å². The van der Waals surface area contributed by atoms with Crippen LogP contribution in [0.25, 0.3) is 11.0 Å². The minimum atomic E-state index is -0.904. The van der Waals surface area contributed by atoms with E-state index in [1.54, 1.807) is 35.2 Å². The fraction of sp³-hybridized carbons (Fsp3) is 0.233. The van der Waals surface area contributed by atoms with E-state index < -0.39 is 35.2 Å². The molecule has 11 heteroatoms. The molecule has 1 unspecified atom stereocenters. The zero-order valence-corrected chi connectivity index (χ0v) is 22.2. The molecule has 0 aliphatic carbocycles. The smallest absolute Gasteiger partial charge is 0.324 e. The van der Waals surface area contributed by atoms with Crippen molar-refractivity contribution in [3.8, 4) is 12.1 Å². The number of halogens is 2. The molecule has 2 aromatic heterocycles. The summed E-state index contributed by atoms with van der Waals surface area (Å²) in [5.74, 6) is -1.42. The molecule has 1 saturated heterocycles. The minimum absolute atomic E-state index is 0.0149. The molecule has 41 heavy (non-hydrogen) atoms. The van der Waals surface area contributed by atoms with Crippen LogP contribution in [0.2, 0.25) is 0 Å². The van der Waals surface area contributed by atoms with Gasteiger partial charge in [0, 0.05) is 26.7 Å². The highest BCUT2D eigenvalue weighted by molar-refractivity contribution is 5.92. The zero-order chi connectivity index (χ0) is 29.3. The summed E-state index contributed by atoms with van der Waals surface area (Å²) in [5, 5.41) is 19.5. The summed E-state index contributed by atoms with van der Waals surface area (Å²) in [6.07, 6.45) is 0. The van der Waals surface area contributed by atoms with Gasteiger partial charge in [-0.05, 0) is 47.5 Å². The number of carbonyl (C=O) groups is 1. The van der Waals surface area contributed by atoms with Crippen molar-refractivity contribution in [2.75, 3.05) is 31.6 Å². The fourth-order valence-corrected chi connectivity index (χ4v) is 5.39. The van der Waals surface area contributed by atoms with Gasteiger partial charge in [0.05, 0.1) is 24.4 Å². The number of aromatic nitrogens is 2. The number of hydrogen-bond donors (Lipinski definition) is 0. The third-order valence-corrected chi connectivity index (χ3v) is 7.36. The van der Waals surface area contributed by atoms with Gasteiger partial charge in [-0.15, -0.1) is 0 Å². The van der Waals surface area contributed by atoms with E-state index in [-0.39, 0.29) is 42.1 Å². The summed E-state index contributed by atoms with van der Waals surface area (Å²) < 4.78 is 34.1. The van der Waals surface area contributed by atoms with E-state index in [1.807, 2.05) is 17.0 Å². The standard InChI is InChI=1S/C30H24F2N6O3/c1-36-24-12-11-22(15-33)35-26(24)28(23(16-34)29(36)39)37-13-14-38(25(17-37)30(40)41-2)27(18-3-7-20(31)8-4-18)19-5-9-21(32)10-6-19/h3-12,25,27H,13-14,17H2,1-2H3. The number of piperazine rings is 1. The number of ether oxygens (including phenoxy) is 1. The molecule has 206 valence electrons. The van der Waals surface area contributed by atoms with Crippen LogP contribution in [0.3, 0.4) is 0 Å². The van der Waals surface area contributed by atoms with Crippen molar-refractivity contribution < 1.29 is 18.3 Å². The molecule has 0 amide bonds. The Labute approximate surface area is 234 Å². The van der Waals surface area contributed by atoms with E-state index in [1.165, 1.54) is 49.1 Å². The first kappa shape index (κ1) is 27.4. The van der Waals surface area contributed by atoms with Crippen LogP contribution in [0.4, 0.5) is 14.5 Å². The average molecular weight is 555 g/mol. The van der Waals surface area contributed by atoms with Crippen molar-refractivity contribution in [3.05, 3.63) is 105 Å². The van der Waals surface area contributed by atoms with Crippen LogP contribution in [0.5, 0.6) is 0 Å². The molecule has 1 atom stereocenters. The van der Waals surface area contributed by atoms with Crippen LogP contribution >= 0.6 is 0 Å². The van der Waals surface area contributed by atoms with Gasteiger partial charge in [0.15, 0.2) is 0 Å². The molecule has 3 heterocycles. The number of fused-ring (bicyclic) bond motifs is 1. The second-order valence-electron chi connectivity index (χ2n) is 9.60. The maximum absolute atomic E-state index is 13.8. The number of methoxy groups -OCH3 is 1. The van der Waals surface area contributed by atoms with E-state index in [0.29, 0.717) is 16.6 Å². The Morgan fingerprint density at radius 1 is 0.976 bits per heavy atom. The lowest BCUT2D eigenvalue weighted by molar-refractivity contribution is -0.148. The number of pyridine rings is 2. The number of carbonyl (C=O) groups excluding carboxylic acids is 1. The summed E-state index contributed by atoms with van der Waals surface area (Å²) in [6, 6.07) is 17.3. The summed E-state index contributed by atoms with van der Waals surface area (Å²) in [6.45, 7) is 0.529. The van der Waals surface area contributed by atoms with Gasteiger partial charge < -0.3 is 14.2 Å². The van der Waals surface area contributed by atoms with Gasteiger partial charge in [-0.2, -0.15) is 10.5 Å². The zero-order valence-electron chi connectivity index (χ0n) is 22.2. The molecule has 2 aromatic carbocycles. The van der Waals surface area contributed by atoms with Crippen LogP contribution in [0.15, 0.2) is 65.5 Å². The van der Waals surface area contributed by atoms with Crippen molar-refractivity contribution in [1.29, 1.82) is 10.5 Å². The van der Waals surface area contributed by atoms with Gasteiger partial charge in [0.2, 0.25) is 0 Å². The number of benzene rings is 2. The molecule has 5 rings (SSSR count). The first-order valence-electron chi connectivity index (χ1n) is 12.7. The highest BCUT2D eigenvalue weighted by Gasteiger charge is 2.40. The predicted molar refractivity (Wildman–Crippen MR) is 146 cm³/mol. The molecular weight excluding hydrogens is 530 g/mol. The van der Waals surface area contributed by atoms with Crippen molar-refractivity contribution in [1.82, 2.24) is 14.5 Å². The normalized spacial score (nSPS) is 15.5. The Hall–Kier alpha value is -5.13. The van der Waals surface area contributed by atoms with Crippen molar-refractivity contribution in [2.24, 2.45) is 7.05 Å². The van der Waals surface area contributed by atoms with Crippen molar-refractivity contribution in [3.63, 3.8) is 0 Å². The monoisotopic (exact) mass is 554 g/mol. The molecule has 4 aromatic rings. The Morgan fingerprint density at radius 2 is 1.59 bits per heavy atom. The highest BCUT2D eigenvalue weighted by Crippen LogP contribution is 2.35. The largest absolute Gasteiger partial charge is 0.468 e. The number of nitriles is 2. The van der Waals surface area contributed by atoms with E-state index >= 15 is 0 Å². The lowest BCUT2D eigenvalue weighted by atomic mass is 9.94. The summed E-state index contributed by atoms with van der Waals surface area (Å²) >= 11 is 0. The SMILES string of the molecule is COC(=O)C1CN(c2c(C#N)c(=O)n(C)c3ccc(C#N)nc23)CCN1C(c1ccc(F)cc1)c1ccc(F)cc1. The minimum Gasteiger partial charge on any atom is -0.468 e. The number of aryl methyl sites for hydroxylation is 1. The molecule has 0 spiro atoms. The Bertz CT molecular complexity index is 1730. The van der Waals surface area contributed by atoms with E-state index in [4.69, 9.17) is 4.74 Å². The van der Waals surface area contributed by atoms with Gasteiger partial charge in [-0.25, -0.2) is 13.8 Å². The molecule has 0 bridgehead atoms. The molecule has 0 radical (unpaired) electrons. The molecule has 0 saturated carbocycles.